The topological polar surface area (TPSA) is 54.9 Å². The Balaban J connectivity index is 1.98. The van der Waals surface area contributed by atoms with Crippen molar-refractivity contribution < 1.29 is 4.79 Å². The number of nitrogens with zero attached hydrogens (tertiary/aromatic N) is 2. The first-order valence-corrected chi connectivity index (χ1v) is 5.84. The van der Waals surface area contributed by atoms with E-state index in [2.05, 4.69) is 31.2 Å². The molecule has 1 N–H and O–H groups in total. The first-order valence-electron chi connectivity index (χ1n) is 5.05. The summed E-state index contributed by atoms with van der Waals surface area (Å²) in [5.41, 5.74) is 1.40. The molecule has 2 rings (SSSR count). The molecule has 0 fully saturated rings. The highest BCUT2D eigenvalue weighted by atomic mass is 79.9. The van der Waals surface area contributed by atoms with E-state index >= 15 is 0 Å². The summed E-state index contributed by atoms with van der Waals surface area (Å²) in [5.74, 6) is -0.140. The van der Waals surface area contributed by atoms with Gasteiger partial charge in [-0.1, -0.05) is 6.07 Å². The summed E-state index contributed by atoms with van der Waals surface area (Å²) in [4.78, 5) is 19.9. The molecule has 0 aromatic carbocycles. The minimum Gasteiger partial charge on any atom is -0.346 e. The third kappa shape index (κ3) is 3.35. The van der Waals surface area contributed by atoms with E-state index in [0.717, 1.165) is 5.69 Å². The van der Waals surface area contributed by atoms with Crippen molar-refractivity contribution in [2.75, 3.05) is 0 Å². The Labute approximate surface area is 107 Å². The van der Waals surface area contributed by atoms with E-state index in [1.807, 2.05) is 18.2 Å². The molecule has 0 aliphatic carbocycles. The molecule has 0 saturated heterocycles. The Kier molecular flexibility index (Phi) is 3.82. The van der Waals surface area contributed by atoms with Gasteiger partial charge in [0, 0.05) is 18.0 Å². The van der Waals surface area contributed by atoms with Gasteiger partial charge >= 0.3 is 0 Å². The molecule has 2 heterocycles. The summed E-state index contributed by atoms with van der Waals surface area (Å²) in [6.45, 7) is 0.416. The van der Waals surface area contributed by atoms with Crippen LogP contribution in [0.3, 0.4) is 0 Å². The van der Waals surface area contributed by atoms with Gasteiger partial charge in [0.05, 0.1) is 12.2 Å². The molecular weight excluding hydrogens is 282 g/mol. The first kappa shape index (κ1) is 11.7. The van der Waals surface area contributed by atoms with E-state index in [0.29, 0.717) is 16.7 Å². The van der Waals surface area contributed by atoms with E-state index in [4.69, 9.17) is 0 Å². The van der Waals surface area contributed by atoms with Crippen LogP contribution < -0.4 is 5.32 Å². The molecule has 0 unspecified atom stereocenters. The van der Waals surface area contributed by atoms with Gasteiger partial charge in [-0.15, -0.1) is 0 Å². The fourth-order valence-corrected chi connectivity index (χ4v) is 1.68. The third-order valence-corrected chi connectivity index (χ3v) is 2.58. The maximum atomic E-state index is 11.8. The van der Waals surface area contributed by atoms with Crippen molar-refractivity contribution in [3.63, 3.8) is 0 Å². The Morgan fingerprint density at radius 2 is 2.12 bits per heavy atom. The van der Waals surface area contributed by atoms with E-state index in [1.165, 1.54) is 0 Å². The molecule has 2 aromatic heterocycles. The predicted octanol–water partition coefficient (Wildman–Crippen LogP) is 2.17. The van der Waals surface area contributed by atoms with Crippen LogP contribution in [0.25, 0.3) is 0 Å². The maximum absolute atomic E-state index is 11.8. The summed E-state index contributed by atoms with van der Waals surface area (Å²) < 4.78 is 0.642. The fraction of sp³-hybridized carbons (Fsp3) is 0.0833. The third-order valence-electron chi connectivity index (χ3n) is 2.14. The molecular formula is C12H10BrN3O. The summed E-state index contributed by atoms with van der Waals surface area (Å²) in [7, 11) is 0. The fourth-order valence-electron chi connectivity index (χ4n) is 1.32. The molecule has 5 heteroatoms. The van der Waals surface area contributed by atoms with Gasteiger partial charge in [0.2, 0.25) is 0 Å². The molecule has 17 heavy (non-hydrogen) atoms. The van der Waals surface area contributed by atoms with Crippen LogP contribution in [0, 0.1) is 0 Å². The summed E-state index contributed by atoms with van der Waals surface area (Å²) in [6.07, 6.45) is 3.28. The van der Waals surface area contributed by atoms with Crippen LogP contribution in [-0.4, -0.2) is 15.9 Å². The van der Waals surface area contributed by atoms with Gasteiger partial charge in [0.1, 0.15) is 4.60 Å². The van der Waals surface area contributed by atoms with Crippen LogP contribution in [0.4, 0.5) is 0 Å². The number of hydrogen-bond acceptors (Lipinski definition) is 3. The van der Waals surface area contributed by atoms with Crippen LogP contribution in [0.2, 0.25) is 0 Å². The van der Waals surface area contributed by atoms with Crippen molar-refractivity contribution in [1.29, 1.82) is 0 Å². The predicted molar refractivity (Wildman–Crippen MR) is 67.3 cm³/mol. The molecule has 0 radical (unpaired) electrons. The molecule has 0 spiro atoms. The van der Waals surface area contributed by atoms with Crippen molar-refractivity contribution in [3.05, 3.63) is 58.6 Å². The van der Waals surface area contributed by atoms with Crippen molar-refractivity contribution >= 4 is 21.8 Å². The second-order valence-electron chi connectivity index (χ2n) is 3.37. The zero-order valence-electron chi connectivity index (χ0n) is 8.93. The highest BCUT2D eigenvalue weighted by molar-refractivity contribution is 9.10. The maximum Gasteiger partial charge on any atom is 0.251 e. The van der Waals surface area contributed by atoms with Gasteiger partial charge in [-0.2, -0.15) is 0 Å². The van der Waals surface area contributed by atoms with Gasteiger partial charge < -0.3 is 5.32 Å². The lowest BCUT2D eigenvalue weighted by Gasteiger charge is -2.04. The number of nitrogens with one attached hydrogen (secondary N) is 1. The molecule has 2 aromatic rings. The van der Waals surface area contributed by atoms with Gasteiger partial charge in [-0.3, -0.25) is 9.78 Å². The Morgan fingerprint density at radius 3 is 2.82 bits per heavy atom. The van der Waals surface area contributed by atoms with Crippen molar-refractivity contribution in [3.8, 4) is 0 Å². The number of carbonyl (C=O) groups excluding carboxylic acids is 1. The number of halogens is 1. The largest absolute Gasteiger partial charge is 0.346 e. The number of hydrogen-bond donors (Lipinski definition) is 1. The van der Waals surface area contributed by atoms with Gasteiger partial charge in [-0.25, -0.2) is 4.98 Å². The molecule has 4 nitrogen and oxygen atoms in total. The monoisotopic (exact) mass is 291 g/mol. The molecule has 86 valence electrons. The van der Waals surface area contributed by atoms with Crippen molar-refractivity contribution in [2.24, 2.45) is 0 Å². The van der Waals surface area contributed by atoms with Crippen LogP contribution >= 0.6 is 15.9 Å². The van der Waals surface area contributed by atoms with E-state index in [1.54, 1.807) is 24.5 Å². The van der Waals surface area contributed by atoms with Crippen molar-refractivity contribution in [2.45, 2.75) is 6.54 Å². The minimum absolute atomic E-state index is 0.140. The van der Waals surface area contributed by atoms with Crippen LogP contribution in [0.15, 0.2) is 47.3 Å². The second-order valence-corrected chi connectivity index (χ2v) is 4.18. The zero-order chi connectivity index (χ0) is 12.1. The summed E-state index contributed by atoms with van der Waals surface area (Å²) in [5, 5.41) is 2.79. The molecule has 0 saturated carbocycles. The highest BCUT2D eigenvalue weighted by Crippen LogP contribution is 2.07. The number of carbonyl (C=O) groups is 1. The summed E-state index contributed by atoms with van der Waals surface area (Å²) in [6, 6.07) is 8.93. The van der Waals surface area contributed by atoms with E-state index in [-0.39, 0.29) is 5.91 Å². The Morgan fingerprint density at radius 1 is 1.24 bits per heavy atom. The summed E-state index contributed by atoms with van der Waals surface area (Å²) >= 11 is 3.22. The Bertz CT molecular complexity index is 516. The standard InChI is InChI=1S/C12H10BrN3O/c13-11-7-9(4-6-15-11)12(17)16-8-10-3-1-2-5-14-10/h1-7H,8H2,(H,16,17). The quantitative estimate of drug-likeness (QED) is 0.882. The first-order chi connectivity index (χ1) is 8.25. The molecule has 1 amide bonds. The van der Waals surface area contributed by atoms with Gasteiger partial charge in [0.25, 0.3) is 5.91 Å². The van der Waals surface area contributed by atoms with E-state index < -0.39 is 0 Å². The van der Waals surface area contributed by atoms with E-state index in [9.17, 15) is 4.79 Å². The molecule has 0 aliphatic rings. The average Bonchev–Trinajstić information content (AvgIpc) is 2.37. The average molecular weight is 292 g/mol. The normalized spacial score (nSPS) is 9.94. The Hall–Kier alpha value is -1.75. The second kappa shape index (κ2) is 5.54. The van der Waals surface area contributed by atoms with Crippen LogP contribution in [0.5, 0.6) is 0 Å². The van der Waals surface area contributed by atoms with Gasteiger partial charge in [-0.05, 0) is 40.2 Å². The smallest absolute Gasteiger partial charge is 0.251 e. The van der Waals surface area contributed by atoms with Gasteiger partial charge in [0.15, 0.2) is 0 Å². The lowest BCUT2D eigenvalue weighted by atomic mass is 10.2. The highest BCUT2D eigenvalue weighted by Gasteiger charge is 2.05. The lowest BCUT2D eigenvalue weighted by Crippen LogP contribution is -2.23. The number of pyridine rings is 2. The zero-order valence-corrected chi connectivity index (χ0v) is 10.5. The molecule has 0 atom stereocenters. The molecule has 0 bridgehead atoms. The number of amides is 1. The molecule has 0 aliphatic heterocycles. The lowest BCUT2D eigenvalue weighted by molar-refractivity contribution is 0.0950. The van der Waals surface area contributed by atoms with Crippen LogP contribution in [0.1, 0.15) is 16.1 Å². The SMILES string of the molecule is O=C(NCc1ccccn1)c1ccnc(Br)c1. The number of aromatic nitrogens is 2. The van der Waals surface area contributed by atoms with Crippen molar-refractivity contribution in [1.82, 2.24) is 15.3 Å². The minimum atomic E-state index is -0.140. The number of rotatable bonds is 3. The van der Waals surface area contributed by atoms with Crippen LogP contribution in [-0.2, 0) is 6.54 Å².